The van der Waals surface area contributed by atoms with Crippen LogP contribution in [0.4, 0.5) is 42.4 Å². The highest BCUT2D eigenvalue weighted by molar-refractivity contribution is 5.59. The second kappa shape index (κ2) is 7.26. The Morgan fingerprint density at radius 2 is 1.31 bits per heavy atom. The highest BCUT2D eigenvalue weighted by Gasteiger charge is 2.30. The number of para-hydroxylation sites is 1. The molecule has 0 aliphatic rings. The first kappa shape index (κ1) is 17.5. The molecule has 0 atom stereocenters. The van der Waals surface area contributed by atoms with E-state index in [-0.39, 0.29) is 23.5 Å². The van der Waals surface area contributed by atoms with Gasteiger partial charge in [-0.05, 0) is 30.3 Å². The number of hydrogen-bond donors (Lipinski definition) is 3. The Morgan fingerprint density at radius 1 is 0.731 bits per heavy atom. The van der Waals surface area contributed by atoms with Crippen molar-refractivity contribution in [3.05, 3.63) is 60.2 Å². The first-order valence-electron chi connectivity index (χ1n) is 7.64. The Kier molecular flexibility index (Phi) is 4.87. The lowest BCUT2D eigenvalue weighted by molar-refractivity contribution is -0.137. The van der Waals surface area contributed by atoms with E-state index in [0.717, 1.165) is 17.8 Å². The van der Waals surface area contributed by atoms with Crippen LogP contribution in [-0.2, 0) is 6.18 Å². The van der Waals surface area contributed by atoms with Gasteiger partial charge in [-0.1, -0.05) is 24.3 Å². The van der Waals surface area contributed by atoms with Gasteiger partial charge < -0.3 is 16.0 Å². The summed E-state index contributed by atoms with van der Waals surface area (Å²) in [6, 6.07) is 14.1. The molecular formula is C17H15F3N6. The van der Waals surface area contributed by atoms with Crippen LogP contribution in [0.2, 0.25) is 0 Å². The standard InChI is InChI=1S/C17H15F3N6/c1-21-14-24-15(22-12-7-3-2-4-8-12)26-16(25-14)23-13-9-5-6-11(10-13)17(18,19)20/h2-10H,1H3,(H3,21,22,23,24,25,26). The van der Waals surface area contributed by atoms with E-state index in [2.05, 4.69) is 30.9 Å². The van der Waals surface area contributed by atoms with Gasteiger partial charge in [-0.2, -0.15) is 28.1 Å². The zero-order chi connectivity index (χ0) is 18.6. The Hall–Kier alpha value is -3.36. The quantitative estimate of drug-likeness (QED) is 0.625. The molecule has 134 valence electrons. The van der Waals surface area contributed by atoms with E-state index in [1.54, 1.807) is 7.05 Å². The van der Waals surface area contributed by atoms with Gasteiger partial charge in [-0.15, -0.1) is 0 Å². The van der Waals surface area contributed by atoms with E-state index in [9.17, 15) is 13.2 Å². The minimum Gasteiger partial charge on any atom is -0.357 e. The summed E-state index contributed by atoms with van der Waals surface area (Å²) in [5.74, 6) is 0.639. The van der Waals surface area contributed by atoms with Gasteiger partial charge in [-0.25, -0.2) is 0 Å². The SMILES string of the molecule is CNc1nc(Nc2ccccc2)nc(Nc2cccc(C(F)(F)F)c2)n1. The molecule has 9 heteroatoms. The molecule has 26 heavy (non-hydrogen) atoms. The number of halogens is 3. The predicted molar refractivity (Wildman–Crippen MR) is 93.8 cm³/mol. The molecule has 3 rings (SSSR count). The summed E-state index contributed by atoms with van der Waals surface area (Å²) < 4.78 is 38.5. The lowest BCUT2D eigenvalue weighted by atomic mass is 10.2. The zero-order valence-corrected chi connectivity index (χ0v) is 13.7. The molecule has 3 N–H and O–H groups in total. The second-order valence-corrected chi connectivity index (χ2v) is 5.25. The molecule has 0 saturated carbocycles. The molecule has 0 bridgehead atoms. The largest absolute Gasteiger partial charge is 0.416 e. The fraction of sp³-hybridized carbons (Fsp3) is 0.118. The number of hydrogen-bond acceptors (Lipinski definition) is 6. The summed E-state index contributed by atoms with van der Waals surface area (Å²) >= 11 is 0. The predicted octanol–water partition coefficient (Wildman–Crippen LogP) is 4.42. The summed E-state index contributed by atoms with van der Waals surface area (Å²) in [5, 5.41) is 8.59. The summed E-state index contributed by atoms with van der Waals surface area (Å²) in [6.45, 7) is 0. The van der Waals surface area contributed by atoms with Gasteiger partial charge in [0.1, 0.15) is 0 Å². The van der Waals surface area contributed by atoms with Crippen LogP contribution in [0.15, 0.2) is 54.6 Å². The number of anilines is 5. The summed E-state index contributed by atoms with van der Waals surface area (Å²) in [5.41, 5.74) is 0.234. The average Bonchev–Trinajstić information content (AvgIpc) is 2.62. The van der Waals surface area contributed by atoms with Crippen molar-refractivity contribution in [3.8, 4) is 0 Å². The number of rotatable bonds is 5. The molecule has 0 aliphatic heterocycles. The van der Waals surface area contributed by atoms with Gasteiger partial charge in [0.2, 0.25) is 17.8 Å². The third-order valence-corrected chi connectivity index (χ3v) is 3.33. The number of nitrogens with one attached hydrogen (secondary N) is 3. The van der Waals surface area contributed by atoms with E-state index in [0.29, 0.717) is 0 Å². The minimum absolute atomic E-state index is 0.113. The van der Waals surface area contributed by atoms with Crippen molar-refractivity contribution in [2.24, 2.45) is 0 Å². The van der Waals surface area contributed by atoms with Crippen LogP contribution in [0.5, 0.6) is 0 Å². The second-order valence-electron chi connectivity index (χ2n) is 5.25. The molecule has 0 amide bonds. The molecule has 0 radical (unpaired) electrons. The van der Waals surface area contributed by atoms with Crippen molar-refractivity contribution in [2.45, 2.75) is 6.18 Å². The molecule has 0 unspecified atom stereocenters. The molecule has 6 nitrogen and oxygen atoms in total. The van der Waals surface area contributed by atoms with Crippen LogP contribution >= 0.6 is 0 Å². The lowest BCUT2D eigenvalue weighted by Crippen LogP contribution is -2.08. The third kappa shape index (κ3) is 4.38. The maximum atomic E-state index is 12.8. The fourth-order valence-corrected chi connectivity index (χ4v) is 2.15. The molecule has 0 spiro atoms. The van der Waals surface area contributed by atoms with Crippen LogP contribution < -0.4 is 16.0 Å². The fourth-order valence-electron chi connectivity index (χ4n) is 2.15. The number of nitrogens with zero attached hydrogens (tertiary/aromatic N) is 3. The van der Waals surface area contributed by atoms with Crippen molar-refractivity contribution in [1.82, 2.24) is 15.0 Å². The van der Waals surface area contributed by atoms with Crippen molar-refractivity contribution in [3.63, 3.8) is 0 Å². The van der Waals surface area contributed by atoms with Crippen LogP contribution in [0.25, 0.3) is 0 Å². The van der Waals surface area contributed by atoms with Crippen molar-refractivity contribution < 1.29 is 13.2 Å². The molecule has 0 saturated heterocycles. The van der Waals surface area contributed by atoms with Gasteiger partial charge in [0, 0.05) is 18.4 Å². The molecule has 3 aromatic rings. The van der Waals surface area contributed by atoms with E-state index >= 15 is 0 Å². The normalized spacial score (nSPS) is 11.1. The number of benzene rings is 2. The lowest BCUT2D eigenvalue weighted by Gasteiger charge is -2.12. The van der Waals surface area contributed by atoms with Crippen LogP contribution in [0.1, 0.15) is 5.56 Å². The first-order chi connectivity index (χ1) is 12.4. The van der Waals surface area contributed by atoms with E-state index < -0.39 is 11.7 Å². The van der Waals surface area contributed by atoms with E-state index in [1.165, 1.54) is 12.1 Å². The smallest absolute Gasteiger partial charge is 0.357 e. The topological polar surface area (TPSA) is 74.8 Å². The van der Waals surface area contributed by atoms with Crippen LogP contribution in [0, 0.1) is 0 Å². The highest BCUT2D eigenvalue weighted by atomic mass is 19.4. The Morgan fingerprint density at radius 3 is 1.92 bits per heavy atom. The van der Waals surface area contributed by atoms with Crippen molar-refractivity contribution >= 4 is 29.2 Å². The third-order valence-electron chi connectivity index (χ3n) is 3.33. The number of alkyl halides is 3. The van der Waals surface area contributed by atoms with Crippen LogP contribution in [0.3, 0.4) is 0 Å². The summed E-state index contributed by atoms with van der Waals surface area (Å²) in [4.78, 5) is 12.5. The van der Waals surface area contributed by atoms with Gasteiger partial charge in [0.05, 0.1) is 5.56 Å². The highest BCUT2D eigenvalue weighted by Crippen LogP contribution is 2.31. The molecular weight excluding hydrogens is 345 g/mol. The first-order valence-corrected chi connectivity index (χ1v) is 7.64. The van der Waals surface area contributed by atoms with Gasteiger partial charge >= 0.3 is 6.18 Å². The van der Waals surface area contributed by atoms with E-state index in [4.69, 9.17) is 0 Å². The van der Waals surface area contributed by atoms with Crippen LogP contribution in [-0.4, -0.2) is 22.0 Å². The molecule has 2 aromatic carbocycles. The van der Waals surface area contributed by atoms with Crippen molar-refractivity contribution in [2.75, 3.05) is 23.0 Å². The summed E-state index contributed by atoms with van der Waals surface area (Å²) in [7, 11) is 1.63. The molecule has 1 heterocycles. The Balaban J connectivity index is 1.87. The summed E-state index contributed by atoms with van der Waals surface area (Å²) in [6.07, 6.45) is -4.42. The molecule has 1 aromatic heterocycles. The maximum Gasteiger partial charge on any atom is 0.416 e. The Labute approximate surface area is 147 Å². The van der Waals surface area contributed by atoms with Gasteiger partial charge in [0.15, 0.2) is 0 Å². The number of aromatic nitrogens is 3. The Bertz CT molecular complexity index is 883. The van der Waals surface area contributed by atoms with Crippen molar-refractivity contribution in [1.29, 1.82) is 0 Å². The van der Waals surface area contributed by atoms with Gasteiger partial charge in [-0.3, -0.25) is 0 Å². The maximum absolute atomic E-state index is 12.8. The minimum atomic E-state index is -4.42. The van der Waals surface area contributed by atoms with Gasteiger partial charge in [0.25, 0.3) is 0 Å². The average molecular weight is 360 g/mol. The zero-order valence-electron chi connectivity index (χ0n) is 13.7. The monoisotopic (exact) mass is 360 g/mol. The molecule has 0 fully saturated rings. The van der Waals surface area contributed by atoms with E-state index in [1.807, 2.05) is 30.3 Å². The molecule has 0 aliphatic carbocycles.